The molecule has 0 saturated heterocycles. The molecule has 1 rings (SSSR count). The van der Waals surface area contributed by atoms with Gasteiger partial charge < -0.3 is 10.2 Å². The lowest BCUT2D eigenvalue weighted by Crippen LogP contribution is -2.29. The normalized spacial score (nSPS) is 10.6. The van der Waals surface area contributed by atoms with Crippen molar-refractivity contribution in [3.8, 4) is 0 Å². The van der Waals surface area contributed by atoms with Gasteiger partial charge in [-0.3, -0.25) is 5.43 Å². The Balaban J connectivity index is 2.50. The summed E-state index contributed by atoms with van der Waals surface area (Å²) < 4.78 is 0. The molecule has 0 aliphatic rings. The van der Waals surface area contributed by atoms with Crippen LogP contribution in [-0.2, 0) is 0 Å². The summed E-state index contributed by atoms with van der Waals surface area (Å²) in [6.07, 6.45) is 1.75. The quantitative estimate of drug-likeness (QED) is 0.482. The van der Waals surface area contributed by atoms with E-state index in [4.69, 9.17) is 5.84 Å². The molecule has 6 heteroatoms. The summed E-state index contributed by atoms with van der Waals surface area (Å²) >= 11 is 0. The number of nitrogen functional groups attached to an aromatic ring is 1. The summed E-state index contributed by atoms with van der Waals surface area (Å²) in [6, 6.07) is 0. The molecule has 0 atom stereocenters. The summed E-state index contributed by atoms with van der Waals surface area (Å²) in [6.45, 7) is 10.3. The van der Waals surface area contributed by atoms with E-state index in [1.807, 2.05) is 6.92 Å². The van der Waals surface area contributed by atoms with Crippen LogP contribution >= 0.6 is 0 Å². The molecule has 0 aromatic carbocycles. The fourth-order valence-electron chi connectivity index (χ4n) is 1.56. The van der Waals surface area contributed by atoms with Gasteiger partial charge in [0.25, 0.3) is 0 Å². The molecule has 4 N–H and O–H groups in total. The van der Waals surface area contributed by atoms with Gasteiger partial charge in [0.05, 0.1) is 0 Å². The average molecular weight is 238 g/mol. The Hall–Kier alpha value is -1.40. The smallest absolute Gasteiger partial charge is 0.239 e. The van der Waals surface area contributed by atoms with Crippen LogP contribution in [0.2, 0.25) is 0 Å². The van der Waals surface area contributed by atoms with E-state index in [1.54, 1.807) is 6.20 Å². The monoisotopic (exact) mass is 238 g/mol. The Morgan fingerprint density at radius 1 is 1.35 bits per heavy atom. The first-order chi connectivity index (χ1) is 8.21. The summed E-state index contributed by atoms with van der Waals surface area (Å²) in [7, 11) is 0. The molecule has 0 bridgehead atoms. The zero-order valence-corrected chi connectivity index (χ0v) is 10.8. The van der Waals surface area contributed by atoms with Crippen LogP contribution in [0.1, 0.15) is 19.4 Å². The van der Waals surface area contributed by atoms with E-state index in [0.29, 0.717) is 5.95 Å². The van der Waals surface area contributed by atoms with Crippen LogP contribution in [0.25, 0.3) is 0 Å². The SMILES string of the molecule is CCN(CC)CCNc1nc(NN)ncc1C. The van der Waals surface area contributed by atoms with E-state index in [0.717, 1.165) is 37.6 Å². The number of hydrazine groups is 1. The molecule has 0 saturated carbocycles. The molecule has 0 aliphatic heterocycles. The third-order valence-electron chi connectivity index (χ3n) is 2.72. The Kier molecular flexibility index (Phi) is 5.65. The number of nitrogens with zero attached hydrogens (tertiary/aromatic N) is 3. The highest BCUT2D eigenvalue weighted by molar-refractivity contribution is 5.45. The minimum Gasteiger partial charge on any atom is -0.368 e. The number of likely N-dealkylation sites (N-methyl/N-ethyl adjacent to an activating group) is 1. The van der Waals surface area contributed by atoms with Crippen LogP contribution in [0.5, 0.6) is 0 Å². The maximum atomic E-state index is 5.28. The second-order valence-electron chi connectivity index (χ2n) is 3.82. The van der Waals surface area contributed by atoms with Crippen LogP contribution in [0.3, 0.4) is 0 Å². The maximum Gasteiger partial charge on any atom is 0.239 e. The lowest BCUT2D eigenvalue weighted by atomic mass is 10.3. The Morgan fingerprint density at radius 2 is 2.06 bits per heavy atom. The van der Waals surface area contributed by atoms with Gasteiger partial charge >= 0.3 is 0 Å². The van der Waals surface area contributed by atoms with E-state index >= 15 is 0 Å². The Bertz CT molecular complexity index is 337. The summed E-state index contributed by atoms with van der Waals surface area (Å²) in [4.78, 5) is 10.7. The van der Waals surface area contributed by atoms with Crippen molar-refractivity contribution < 1.29 is 0 Å². The summed E-state index contributed by atoms with van der Waals surface area (Å²) in [5, 5.41) is 3.30. The maximum absolute atomic E-state index is 5.28. The minimum absolute atomic E-state index is 0.431. The first kappa shape index (κ1) is 13.7. The van der Waals surface area contributed by atoms with Gasteiger partial charge in [-0.25, -0.2) is 10.8 Å². The van der Waals surface area contributed by atoms with Crippen LogP contribution in [0.4, 0.5) is 11.8 Å². The van der Waals surface area contributed by atoms with Crippen molar-refractivity contribution in [2.45, 2.75) is 20.8 Å². The van der Waals surface area contributed by atoms with Crippen molar-refractivity contribution >= 4 is 11.8 Å². The van der Waals surface area contributed by atoms with Gasteiger partial charge in [-0.05, 0) is 20.0 Å². The first-order valence-corrected chi connectivity index (χ1v) is 5.97. The number of aryl methyl sites for hydroxylation is 1. The van der Waals surface area contributed by atoms with Crippen LogP contribution < -0.4 is 16.6 Å². The summed E-state index contributed by atoms with van der Waals surface area (Å²) in [5.41, 5.74) is 3.46. The molecule has 0 radical (unpaired) electrons. The third-order valence-corrected chi connectivity index (χ3v) is 2.72. The molecular formula is C11H22N6. The van der Waals surface area contributed by atoms with E-state index in [2.05, 4.69) is 39.5 Å². The number of anilines is 2. The highest BCUT2D eigenvalue weighted by Gasteiger charge is 2.03. The Morgan fingerprint density at radius 3 is 2.65 bits per heavy atom. The molecule has 96 valence electrons. The van der Waals surface area contributed by atoms with Gasteiger partial charge in [0, 0.05) is 24.8 Å². The second-order valence-corrected chi connectivity index (χ2v) is 3.82. The van der Waals surface area contributed by atoms with Gasteiger partial charge in [0.15, 0.2) is 0 Å². The number of rotatable bonds is 7. The molecular weight excluding hydrogens is 216 g/mol. The van der Waals surface area contributed by atoms with Gasteiger partial charge in [-0.15, -0.1) is 0 Å². The molecule has 0 fully saturated rings. The molecule has 1 aromatic rings. The number of nitrogens with one attached hydrogen (secondary N) is 2. The van der Waals surface area contributed by atoms with Crippen molar-refractivity contribution in [2.24, 2.45) is 5.84 Å². The van der Waals surface area contributed by atoms with E-state index < -0.39 is 0 Å². The molecule has 0 spiro atoms. The highest BCUT2D eigenvalue weighted by atomic mass is 15.3. The van der Waals surface area contributed by atoms with Gasteiger partial charge in [-0.1, -0.05) is 13.8 Å². The lowest BCUT2D eigenvalue weighted by molar-refractivity contribution is 0.316. The number of aromatic nitrogens is 2. The number of hydrogen-bond acceptors (Lipinski definition) is 6. The predicted molar refractivity (Wildman–Crippen MR) is 70.9 cm³/mol. The third kappa shape index (κ3) is 4.16. The summed E-state index contributed by atoms with van der Waals surface area (Å²) in [5.74, 6) is 6.54. The Labute approximate surface area is 103 Å². The van der Waals surface area contributed by atoms with Gasteiger partial charge in [0.1, 0.15) is 5.82 Å². The molecule has 0 amide bonds. The van der Waals surface area contributed by atoms with Crippen LogP contribution in [0.15, 0.2) is 6.20 Å². The second kappa shape index (κ2) is 7.03. The fourth-order valence-corrected chi connectivity index (χ4v) is 1.56. The average Bonchev–Trinajstić information content (AvgIpc) is 2.36. The van der Waals surface area contributed by atoms with E-state index in [-0.39, 0.29) is 0 Å². The molecule has 6 nitrogen and oxygen atoms in total. The lowest BCUT2D eigenvalue weighted by Gasteiger charge is -2.18. The molecule has 0 aliphatic carbocycles. The zero-order valence-electron chi connectivity index (χ0n) is 10.8. The van der Waals surface area contributed by atoms with Crippen molar-refractivity contribution in [3.05, 3.63) is 11.8 Å². The van der Waals surface area contributed by atoms with Crippen molar-refractivity contribution in [1.82, 2.24) is 14.9 Å². The fraction of sp³-hybridized carbons (Fsp3) is 0.636. The van der Waals surface area contributed by atoms with Gasteiger partial charge in [0.2, 0.25) is 5.95 Å². The molecule has 1 aromatic heterocycles. The van der Waals surface area contributed by atoms with Crippen LogP contribution in [0, 0.1) is 6.92 Å². The van der Waals surface area contributed by atoms with Crippen molar-refractivity contribution in [1.29, 1.82) is 0 Å². The standard InChI is InChI=1S/C11H22N6/c1-4-17(5-2)7-6-13-10-9(3)8-14-11(15-10)16-12/h8H,4-7,12H2,1-3H3,(H2,13,14,15,16). The highest BCUT2D eigenvalue weighted by Crippen LogP contribution is 2.11. The van der Waals surface area contributed by atoms with Crippen LogP contribution in [-0.4, -0.2) is 41.0 Å². The largest absolute Gasteiger partial charge is 0.368 e. The topological polar surface area (TPSA) is 79.1 Å². The van der Waals surface area contributed by atoms with Gasteiger partial charge in [-0.2, -0.15) is 4.98 Å². The van der Waals surface area contributed by atoms with E-state index in [1.165, 1.54) is 0 Å². The molecule has 17 heavy (non-hydrogen) atoms. The number of nitrogens with two attached hydrogens (primary N) is 1. The number of hydrogen-bond donors (Lipinski definition) is 3. The first-order valence-electron chi connectivity index (χ1n) is 5.97. The molecule has 0 unspecified atom stereocenters. The van der Waals surface area contributed by atoms with Crippen molar-refractivity contribution in [2.75, 3.05) is 36.9 Å². The molecule has 1 heterocycles. The predicted octanol–water partition coefficient (Wildman–Crippen LogP) is 0.824. The minimum atomic E-state index is 0.431. The van der Waals surface area contributed by atoms with E-state index in [9.17, 15) is 0 Å². The van der Waals surface area contributed by atoms with Crippen molar-refractivity contribution in [3.63, 3.8) is 0 Å². The zero-order chi connectivity index (χ0) is 12.7.